The minimum absolute atomic E-state index is 0.0323. The lowest BCUT2D eigenvalue weighted by molar-refractivity contribution is 0.192. The number of nitrogens with one attached hydrogen (secondary N) is 1. The van der Waals surface area contributed by atoms with Gasteiger partial charge in [-0.15, -0.1) is 0 Å². The Hall–Kier alpha value is -0.450. The third-order valence-electron chi connectivity index (χ3n) is 2.90. The third kappa shape index (κ3) is 5.46. The van der Waals surface area contributed by atoms with Gasteiger partial charge in [0.2, 0.25) is 0 Å². The van der Waals surface area contributed by atoms with E-state index in [1.165, 1.54) is 6.07 Å². The molecule has 0 aromatic heterocycles. The Kier molecular flexibility index (Phi) is 7.47. The van der Waals surface area contributed by atoms with Crippen LogP contribution in [-0.2, 0) is 4.74 Å². The summed E-state index contributed by atoms with van der Waals surface area (Å²) in [5.41, 5.74) is 0.710. The first-order valence-corrected chi connectivity index (χ1v) is 7.11. The molecule has 1 rings (SSSR count). The monoisotopic (exact) mass is 317 g/mol. The van der Waals surface area contributed by atoms with Crippen molar-refractivity contribution >= 4 is 15.9 Å². The summed E-state index contributed by atoms with van der Waals surface area (Å²) in [5.74, 6) is -0.155. The first kappa shape index (κ1) is 15.6. The Bertz CT molecular complexity index is 360. The van der Waals surface area contributed by atoms with Crippen molar-refractivity contribution in [3.05, 3.63) is 34.1 Å². The van der Waals surface area contributed by atoms with Gasteiger partial charge in [0.15, 0.2) is 0 Å². The molecular weight excluding hydrogens is 297 g/mol. The highest BCUT2D eigenvalue weighted by Crippen LogP contribution is 2.21. The zero-order chi connectivity index (χ0) is 13.4. The molecule has 0 aliphatic rings. The van der Waals surface area contributed by atoms with E-state index in [1.54, 1.807) is 13.2 Å². The summed E-state index contributed by atoms with van der Waals surface area (Å²) in [6, 6.07) is 5.08. The highest BCUT2D eigenvalue weighted by Gasteiger charge is 2.10. The van der Waals surface area contributed by atoms with Crippen molar-refractivity contribution in [2.45, 2.75) is 32.2 Å². The second-order valence-corrected chi connectivity index (χ2v) is 5.31. The highest BCUT2D eigenvalue weighted by molar-refractivity contribution is 9.10. The molecule has 0 saturated carbocycles. The van der Waals surface area contributed by atoms with E-state index in [4.69, 9.17) is 4.74 Å². The number of hydrogen-bond acceptors (Lipinski definition) is 2. The fourth-order valence-corrected chi connectivity index (χ4v) is 2.20. The minimum Gasteiger partial charge on any atom is -0.385 e. The number of methoxy groups -OCH3 is 1. The molecule has 1 N–H and O–H groups in total. The molecule has 2 nitrogen and oxygen atoms in total. The van der Waals surface area contributed by atoms with Gasteiger partial charge in [-0.1, -0.05) is 15.9 Å². The smallest absolute Gasteiger partial charge is 0.128 e. The van der Waals surface area contributed by atoms with Crippen LogP contribution >= 0.6 is 15.9 Å². The van der Waals surface area contributed by atoms with E-state index >= 15 is 0 Å². The molecule has 0 radical (unpaired) electrons. The lowest BCUT2D eigenvalue weighted by atomic mass is 10.1. The average molecular weight is 318 g/mol. The topological polar surface area (TPSA) is 21.3 Å². The second kappa shape index (κ2) is 8.62. The van der Waals surface area contributed by atoms with Crippen molar-refractivity contribution < 1.29 is 9.13 Å². The molecule has 0 fully saturated rings. The molecule has 0 spiro atoms. The Morgan fingerprint density at radius 2 is 2.11 bits per heavy atom. The van der Waals surface area contributed by atoms with Crippen LogP contribution < -0.4 is 5.32 Å². The van der Waals surface area contributed by atoms with Crippen LogP contribution in [0.5, 0.6) is 0 Å². The van der Waals surface area contributed by atoms with E-state index in [0.29, 0.717) is 5.56 Å². The van der Waals surface area contributed by atoms with E-state index in [0.717, 1.165) is 36.9 Å². The number of rotatable bonds is 8. The lowest BCUT2D eigenvalue weighted by Crippen LogP contribution is -2.20. The van der Waals surface area contributed by atoms with E-state index in [2.05, 4.69) is 21.2 Å². The van der Waals surface area contributed by atoms with Crippen molar-refractivity contribution in [3.8, 4) is 0 Å². The molecule has 1 atom stereocenters. The van der Waals surface area contributed by atoms with E-state index < -0.39 is 0 Å². The van der Waals surface area contributed by atoms with Crippen molar-refractivity contribution in [1.29, 1.82) is 0 Å². The Labute approximate surface area is 117 Å². The Balaban J connectivity index is 2.31. The third-order valence-corrected chi connectivity index (χ3v) is 3.39. The molecule has 0 aliphatic carbocycles. The first-order valence-electron chi connectivity index (χ1n) is 6.32. The molecule has 102 valence electrons. The van der Waals surface area contributed by atoms with Gasteiger partial charge in [-0.2, -0.15) is 0 Å². The molecule has 0 heterocycles. The molecular formula is C14H21BrFNO. The van der Waals surface area contributed by atoms with Crippen molar-refractivity contribution in [3.63, 3.8) is 0 Å². The van der Waals surface area contributed by atoms with Gasteiger partial charge in [0.05, 0.1) is 0 Å². The van der Waals surface area contributed by atoms with Crippen molar-refractivity contribution in [1.82, 2.24) is 5.32 Å². The summed E-state index contributed by atoms with van der Waals surface area (Å²) in [6.07, 6.45) is 3.30. The fourth-order valence-electron chi connectivity index (χ4n) is 1.82. The number of unbranched alkanes of at least 4 members (excludes halogenated alkanes) is 2. The summed E-state index contributed by atoms with van der Waals surface area (Å²) in [4.78, 5) is 0. The van der Waals surface area contributed by atoms with E-state index in [-0.39, 0.29) is 11.9 Å². The summed E-state index contributed by atoms with van der Waals surface area (Å²) in [5, 5.41) is 3.34. The number of halogens is 2. The maximum absolute atomic E-state index is 13.6. The van der Waals surface area contributed by atoms with Gasteiger partial charge in [-0.25, -0.2) is 4.39 Å². The highest BCUT2D eigenvalue weighted by atomic mass is 79.9. The van der Waals surface area contributed by atoms with Crippen LogP contribution in [-0.4, -0.2) is 20.3 Å². The van der Waals surface area contributed by atoms with Crippen LogP contribution in [0.15, 0.2) is 22.7 Å². The van der Waals surface area contributed by atoms with Gasteiger partial charge in [-0.05, 0) is 50.9 Å². The van der Waals surface area contributed by atoms with Gasteiger partial charge in [0, 0.05) is 29.8 Å². The molecule has 1 aromatic rings. The van der Waals surface area contributed by atoms with Crippen LogP contribution in [0, 0.1) is 5.82 Å². The predicted molar refractivity (Wildman–Crippen MR) is 76.2 cm³/mol. The van der Waals surface area contributed by atoms with Gasteiger partial charge in [0.1, 0.15) is 5.82 Å². The number of hydrogen-bond donors (Lipinski definition) is 1. The van der Waals surface area contributed by atoms with Crippen LogP contribution in [0.2, 0.25) is 0 Å². The number of ether oxygens (including phenoxy) is 1. The zero-order valence-corrected chi connectivity index (χ0v) is 12.6. The van der Waals surface area contributed by atoms with Crippen molar-refractivity contribution in [2.75, 3.05) is 20.3 Å². The molecule has 1 unspecified atom stereocenters. The molecule has 4 heteroatoms. The molecule has 0 bridgehead atoms. The lowest BCUT2D eigenvalue weighted by Gasteiger charge is -2.15. The quantitative estimate of drug-likeness (QED) is 0.730. The largest absolute Gasteiger partial charge is 0.385 e. The Morgan fingerprint density at radius 1 is 1.33 bits per heavy atom. The molecule has 18 heavy (non-hydrogen) atoms. The second-order valence-electron chi connectivity index (χ2n) is 4.40. The maximum Gasteiger partial charge on any atom is 0.128 e. The van der Waals surface area contributed by atoms with Crippen LogP contribution in [0.25, 0.3) is 0 Å². The SMILES string of the molecule is COCCCCCNC(C)c1cc(Br)ccc1F. The Morgan fingerprint density at radius 3 is 2.83 bits per heavy atom. The van der Waals surface area contributed by atoms with E-state index in [9.17, 15) is 4.39 Å². The first-order chi connectivity index (χ1) is 8.65. The fraction of sp³-hybridized carbons (Fsp3) is 0.571. The van der Waals surface area contributed by atoms with Gasteiger partial charge >= 0.3 is 0 Å². The zero-order valence-electron chi connectivity index (χ0n) is 11.0. The van der Waals surface area contributed by atoms with Crippen LogP contribution in [0.3, 0.4) is 0 Å². The van der Waals surface area contributed by atoms with Gasteiger partial charge in [0.25, 0.3) is 0 Å². The summed E-state index contributed by atoms with van der Waals surface area (Å²) >= 11 is 3.37. The summed E-state index contributed by atoms with van der Waals surface area (Å²) in [6.45, 7) is 3.70. The van der Waals surface area contributed by atoms with Gasteiger partial charge in [-0.3, -0.25) is 0 Å². The average Bonchev–Trinajstić information content (AvgIpc) is 2.36. The van der Waals surface area contributed by atoms with Crippen molar-refractivity contribution in [2.24, 2.45) is 0 Å². The standard InChI is InChI=1S/C14H21BrFNO/c1-11(17-8-4-3-5-9-18-2)13-10-12(15)6-7-14(13)16/h6-7,10-11,17H,3-5,8-9H2,1-2H3. The van der Waals surface area contributed by atoms with Crippen LogP contribution in [0.1, 0.15) is 37.8 Å². The normalized spacial score (nSPS) is 12.7. The summed E-state index contributed by atoms with van der Waals surface area (Å²) in [7, 11) is 1.72. The predicted octanol–water partition coefficient (Wildman–Crippen LogP) is 4.06. The van der Waals surface area contributed by atoms with Crippen LogP contribution in [0.4, 0.5) is 4.39 Å². The van der Waals surface area contributed by atoms with Gasteiger partial charge < -0.3 is 10.1 Å². The summed E-state index contributed by atoms with van der Waals surface area (Å²) < 4.78 is 19.5. The minimum atomic E-state index is -0.155. The molecule has 0 saturated heterocycles. The molecule has 0 aliphatic heterocycles. The number of benzene rings is 1. The van der Waals surface area contributed by atoms with E-state index in [1.807, 2.05) is 13.0 Å². The molecule has 1 aromatic carbocycles. The molecule has 0 amide bonds. The maximum atomic E-state index is 13.6.